The zero-order valence-electron chi connectivity index (χ0n) is 10.8. The third-order valence-corrected chi connectivity index (χ3v) is 3.09. The number of hydrogen-bond donors (Lipinski definition) is 1. The molecule has 1 aromatic heterocycles. The van der Waals surface area contributed by atoms with Crippen molar-refractivity contribution in [2.75, 3.05) is 19.0 Å². The van der Waals surface area contributed by atoms with Crippen molar-refractivity contribution in [3.63, 3.8) is 0 Å². The Morgan fingerprint density at radius 3 is 2.94 bits per heavy atom. The molecule has 2 rings (SSSR count). The first-order chi connectivity index (χ1) is 8.69. The van der Waals surface area contributed by atoms with E-state index in [9.17, 15) is 0 Å². The fraction of sp³-hybridized carbons (Fsp3) is 0.385. The first kappa shape index (κ1) is 12.8. The van der Waals surface area contributed by atoms with Crippen LogP contribution in [0.4, 0.5) is 5.13 Å². The van der Waals surface area contributed by atoms with Crippen LogP contribution >= 0.6 is 11.5 Å². The van der Waals surface area contributed by atoms with Gasteiger partial charge in [0, 0.05) is 23.6 Å². The summed E-state index contributed by atoms with van der Waals surface area (Å²) in [5.74, 6) is 2.15. The number of benzene rings is 1. The van der Waals surface area contributed by atoms with Crippen LogP contribution in [-0.4, -0.2) is 23.0 Å². The van der Waals surface area contributed by atoms with E-state index in [1.165, 1.54) is 11.5 Å². The highest BCUT2D eigenvalue weighted by atomic mass is 32.1. The summed E-state index contributed by atoms with van der Waals surface area (Å²) in [6.45, 7) is 5.24. The van der Waals surface area contributed by atoms with Crippen LogP contribution in [0.5, 0.6) is 5.75 Å². The standard InChI is InChI=1S/C13H17N3OS/c1-9(2)8-14-13-15-12(16-18-13)10-5-4-6-11(7-10)17-3/h4-7,9H,8H2,1-3H3,(H,14,15,16). The van der Waals surface area contributed by atoms with Gasteiger partial charge in [0.15, 0.2) is 5.82 Å². The van der Waals surface area contributed by atoms with Crippen molar-refractivity contribution in [1.29, 1.82) is 0 Å². The molecule has 0 radical (unpaired) electrons. The molecular formula is C13H17N3OS. The molecule has 5 heteroatoms. The van der Waals surface area contributed by atoms with Gasteiger partial charge < -0.3 is 10.1 Å². The van der Waals surface area contributed by atoms with Crippen LogP contribution in [0.2, 0.25) is 0 Å². The number of rotatable bonds is 5. The minimum Gasteiger partial charge on any atom is -0.497 e. The average molecular weight is 263 g/mol. The Morgan fingerprint density at radius 1 is 1.39 bits per heavy atom. The molecule has 0 fully saturated rings. The summed E-state index contributed by atoms with van der Waals surface area (Å²) in [7, 11) is 1.66. The third kappa shape index (κ3) is 3.20. The van der Waals surface area contributed by atoms with Gasteiger partial charge in [-0.1, -0.05) is 26.0 Å². The number of nitrogens with zero attached hydrogens (tertiary/aromatic N) is 2. The van der Waals surface area contributed by atoms with E-state index in [0.29, 0.717) is 5.92 Å². The van der Waals surface area contributed by atoms with Crippen molar-refractivity contribution in [1.82, 2.24) is 9.36 Å². The third-order valence-electron chi connectivity index (χ3n) is 2.42. The number of anilines is 1. The monoisotopic (exact) mass is 263 g/mol. The highest BCUT2D eigenvalue weighted by Crippen LogP contribution is 2.24. The van der Waals surface area contributed by atoms with Gasteiger partial charge in [-0.3, -0.25) is 0 Å². The van der Waals surface area contributed by atoms with Gasteiger partial charge in [-0.2, -0.15) is 9.36 Å². The second-order valence-electron chi connectivity index (χ2n) is 4.43. The summed E-state index contributed by atoms with van der Waals surface area (Å²) in [6, 6.07) is 7.77. The van der Waals surface area contributed by atoms with E-state index < -0.39 is 0 Å². The summed E-state index contributed by atoms with van der Waals surface area (Å²) < 4.78 is 9.55. The van der Waals surface area contributed by atoms with Gasteiger partial charge in [-0.25, -0.2) is 0 Å². The van der Waals surface area contributed by atoms with E-state index in [0.717, 1.165) is 28.8 Å². The number of aromatic nitrogens is 2. The van der Waals surface area contributed by atoms with E-state index in [1.54, 1.807) is 7.11 Å². The maximum absolute atomic E-state index is 5.19. The van der Waals surface area contributed by atoms with Gasteiger partial charge in [0.1, 0.15) is 5.75 Å². The first-order valence-electron chi connectivity index (χ1n) is 5.91. The van der Waals surface area contributed by atoms with Gasteiger partial charge in [0.2, 0.25) is 5.13 Å². The van der Waals surface area contributed by atoms with E-state index in [1.807, 2.05) is 24.3 Å². The summed E-state index contributed by atoms with van der Waals surface area (Å²) >= 11 is 1.39. The Hall–Kier alpha value is -1.62. The lowest BCUT2D eigenvalue weighted by atomic mass is 10.2. The number of hydrogen-bond acceptors (Lipinski definition) is 5. The molecule has 0 aliphatic rings. The minimum atomic E-state index is 0.592. The van der Waals surface area contributed by atoms with Crippen LogP contribution in [0.15, 0.2) is 24.3 Å². The quantitative estimate of drug-likeness (QED) is 0.899. The maximum atomic E-state index is 5.19. The molecule has 1 heterocycles. The lowest BCUT2D eigenvalue weighted by Crippen LogP contribution is -2.07. The second kappa shape index (κ2) is 5.82. The maximum Gasteiger partial charge on any atom is 0.202 e. The molecule has 2 aromatic rings. The predicted octanol–water partition coefficient (Wildman–Crippen LogP) is 3.28. The second-order valence-corrected chi connectivity index (χ2v) is 5.18. The Bertz CT molecular complexity index is 510. The van der Waals surface area contributed by atoms with Gasteiger partial charge >= 0.3 is 0 Å². The zero-order chi connectivity index (χ0) is 13.0. The van der Waals surface area contributed by atoms with E-state index in [-0.39, 0.29) is 0 Å². The van der Waals surface area contributed by atoms with Gasteiger partial charge in [0.05, 0.1) is 7.11 Å². The summed E-state index contributed by atoms with van der Waals surface area (Å²) in [5, 5.41) is 4.14. The lowest BCUT2D eigenvalue weighted by Gasteiger charge is -2.04. The Kier molecular flexibility index (Phi) is 4.15. The van der Waals surface area contributed by atoms with Crippen LogP contribution in [0, 0.1) is 5.92 Å². The van der Waals surface area contributed by atoms with Crippen LogP contribution < -0.4 is 10.1 Å². The highest BCUT2D eigenvalue weighted by molar-refractivity contribution is 7.09. The molecule has 0 spiro atoms. The Morgan fingerprint density at radius 2 is 2.22 bits per heavy atom. The van der Waals surface area contributed by atoms with E-state index in [2.05, 4.69) is 28.5 Å². The van der Waals surface area contributed by atoms with E-state index >= 15 is 0 Å². The fourth-order valence-electron chi connectivity index (χ4n) is 1.47. The molecule has 0 bridgehead atoms. The number of nitrogens with one attached hydrogen (secondary N) is 1. The van der Waals surface area contributed by atoms with Gasteiger partial charge in [-0.15, -0.1) is 0 Å². The van der Waals surface area contributed by atoms with E-state index in [4.69, 9.17) is 4.74 Å². The average Bonchev–Trinajstić information content (AvgIpc) is 2.85. The van der Waals surface area contributed by atoms with Crippen molar-refractivity contribution in [3.05, 3.63) is 24.3 Å². The smallest absolute Gasteiger partial charge is 0.202 e. The number of methoxy groups -OCH3 is 1. The molecule has 96 valence electrons. The Balaban J connectivity index is 2.13. The largest absolute Gasteiger partial charge is 0.497 e. The normalized spacial score (nSPS) is 10.7. The molecule has 4 nitrogen and oxygen atoms in total. The molecule has 0 unspecified atom stereocenters. The van der Waals surface area contributed by atoms with Crippen LogP contribution in [0.3, 0.4) is 0 Å². The molecule has 0 aliphatic heterocycles. The predicted molar refractivity (Wildman–Crippen MR) is 75.2 cm³/mol. The first-order valence-corrected chi connectivity index (χ1v) is 6.68. The molecule has 0 saturated heterocycles. The lowest BCUT2D eigenvalue weighted by molar-refractivity contribution is 0.415. The SMILES string of the molecule is COc1cccc(-c2nsc(NCC(C)C)n2)c1. The molecule has 18 heavy (non-hydrogen) atoms. The highest BCUT2D eigenvalue weighted by Gasteiger charge is 2.07. The van der Waals surface area contributed by atoms with Gasteiger partial charge in [0.25, 0.3) is 0 Å². The molecular weight excluding hydrogens is 246 g/mol. The number of ether oxygens (including phenoxy) is 1. The molecule has 0 saturated carbocycles. The van der Waals surface area contributed by atoms with Crippen molar-refractivity contribution in [3.8, 4) is 17.1 Å². The van der Waals surface area contributed by atoms with Crippen LogP contribution in [0.1, 0.15) is 13.8 Å². The fourth-order valence-corrected chi connectivity index (χ4v) is 2.06. The molecule has 0 amide bonds. The van der Waals surface area contributed by atoms with Crippen LogP contribution in [0.25, 0.3) is 11.4 Å². The molecule has 1 N–H and O–H groups in total. The molecule has 0 atom stereocenters. The van der Waals surface area contributed by atoms with Gasteiger partial charge in [-0.05, 0) is 18.1 Å². The van der Waals surface area contributed by atoms with Crippen molar-refractivity contribution in [2.45, 2.75) is 13.8 Å². The van der Waals surface area contributed by atoms with Crippen LogP contribution in [-0.2, 0) is 0 Å². The summed E-state index contributed by atoms with van der Waals surface area (Å²) in [6.07, 6.45) is 0. The summed E-state index contributed by atoms with van der Waals surface area (Å²) in [5.41, 5.74) is 0.975. The molecule has 0 aliphatic carbocycles. The zero-order valence-corrected chi connectivity index (χ0v) is 11.6. The Labute approximate surface area is 111 Å². The topological polar surface area (TPSA) is 47.0 Å². The molecule has 1 aromatic carbocycles. The van der Waals surface area contributed by atoms with Crippen molar-refractivity contribution in [2.24, 2.45) is 5.92 Å². The van der Waals surface area contributed by atoms with Crippen molar-refractivity contribution >= 4 is 16.7 Å². The van der Waals surface area contributed by atoms with Crippen molar-refractivity contribution < 1.29 is 4.74 Å². The minimum absolute atomic E-state index is 0.592. The summed E-state index contributed by atoms with van der Waals surface area (Å²) in [4.78, 5) is 4.47.